The molecule has 59 valence electrons. The Morgan fingerprint density at radius 1 is 1.60 bits per heavy atom. The van der Waals surface area contributed by atoms with Crippen molar-refractivity contribution in [1.29, 1.82) is 0 Å². The molecule has 0 aromatic carbocycles. The highest BCUT2D eigenvalue weighted by Gasteiger charge is 2.24. The molecule has 0 amide bonds. The molecular formula is C8H16NO. The van der Waals surface area contributed by atoms with Crippen molar-refractivity contribution >= 4 is 0 Å². The second-order valence-corrected chi connectivity index (χ2v) is 2.62. The van der Waals surface area contributed by atoms with Gasteiger partial charge in [-0.2, -0.15) is 0 Å². The van der Waals surface area contributed by atoms with Gasteiger partial charge < -0.3 is 5.11 Å². The maximum atomic E-state index is 9.69. The number of hydrogen-bond donors (Lipinski definition) is 1. The number of hydrogen-bond acceptors (Lipinski definition) is 2. The summed E-state index contributed by atoms with van der Waals surface area (Å²) < 4.78 is 0. The van der Waals surface area contributed by atoms with Crippen LogP contribution >= 0.6 is 0 Å². The Kier molecular flexibility index (Phi) is 3.61. The topological polar surface area (TPSA) is 23.5 Å². The van der Waals surface area contributed by atoms with Crippen molar-refractivity contribution in [2.75, 3.05) is 14.1 Å². The van der Waals surface area contributed by atoms with E-state index in [0.29, 0.717) is 12.8 Å². The van der Waals surface area contributed by atoms with Crippen molar-refractivity contribution in [3.05, 3.63) is 19.6 Å². The van der Waals surface area contributed by atoms with Crippen molar-refractivity contribution in [3.8, 4) is 0 Å². The zero-order valence-corrected chi connectivity index (χ0v) is 6.80. The third-order valence-electron chi connectivity index (χ3n) is 1.70. The molecule has 2 heteroatoms. The Balaban J connectivity index is 4.07. The summed E-state index contributed by atoms with van der Waals surface area (Å²) >= 11 is 0. The minimum atomic E-state index is -0.804. The first-order valence-electron chi connectivity index (χ1n) is 3.37. The van der Waals surface area contributed by atoms with Gasteiger partial charge in [0.25, 0.3) is 0 Å². The summed E-state index contributed by atoms with van der Waals surface area (Å²) in [5.41, 5.74) is -0.804. The van der Waals surface area contributed by atoms with Crippen LogP contribution in [0.1, 0.15) is 12.8 Å². The molecule has 0 aliphatic carbocycles. The Morgan fingerprint density at radius 3 is 2.20 bits per heavy atom. The lowest BCUT2D eigenvalue weighted by Crippen LogP contribution is -2.43. The minimum Gasteiger partial charge on any atom is -0.375 e. The second-order valence-electron chi connectivity index (χ2n) is 2.62. The predicted molar refractivity (Wildman–Crippen MR) is 43.4 cm³/mol. The molecular weight excluding hydrogens is 126 g/mol. The molecule has 1 N–H and O–H groups in total. The molecule has 0 saturated carbocycles. The lowest BCUT2D eigenvalue weighted by molar-refractivity contribution is -0.0771. The molecule has 0 aromatic rings. The molecule has 1 radical (unpaired) electrons. The quantitative estimate of drug-likeness (QED) is 0.468. The van der Waals surface area contributed by atoms with Crippen LogP contribution in [0.4, 0.5) is 0 Å². The van der Waals surface area contributed by atoms with E-state index in [4.69, 9.17) is 0 Å². The maximum Gasteiger partial charge on any atom is 0.121 e. The summed E-state index contributed by atoms with van der Waals surface area (Å²) in [4.78, 5) is 1.75. The normalized spacial score (nSPS) is 16.9. The largest absolute Gasteiger partial charge is 0.375 e. The molecule has 10 heavy (non-hydrogen) atoms. The molecule has 0 aromatic heterocycles. The highest BCUT2D eigenvalue weighted by atomic mass is 16.3. The van der Waals surface area contributed by atoms with E-state index < -0.39 is 5.72 Å². The molecule has 0 heterocycles. The highest BCUT2D eigenvalue weighted by molar-refractivity contribution is 4.84. The molecule has 0 fully saturated rings. The van der Waals surface area contributed by atoms with Gasteiger partial charge in [0.15, 0.2) is 0 Å². The van der Waals surface area contributed by atoms with Crippen molar-refractivity contribution < 1.29 is 5.11 Å². The van der Waals surface area contributed by atoms with E-state index in [9.17, 15) is 5.11 Å². The van der Waals surface area contributed by atoms with Gasteiger partial charge in [-0.25, -0.2) is 0 Å². The van der Waals surface area contributed by atoms with Crippen LogP contribution in [0.25, 0.3) is 0 Å². The van der Waals surface area contributed by atoms with Gasteiger partial charge in [-0.05, 0) is 27.4 Å². The Hall–Kier alpha value is -0.340. The zero-order chi connectivity index (χ0) is 8.20. The molecule has 1 unspecified atom stereocenters. The van der Waals surface area contributed by atoms with Crippen LogP contribution < -0.4 is 0 Å². The summed E-state index contributed by atoms with van der Waals surface area (Å²) in [5, 5.41) is 9.69. The first-order chi connectivity index (χ1) is 4.56. The fraction of sp³-hybridized carbons (Fsp3) is 0.625. The van der Waals surface area contributed by atoms with Crippen molar-refractivity contribution in [2.24, 2.45) is 0 Å². The molecule has 0 spiro atoms. The van der Waals surface area contributed by atoms with Gasteiger partial charge in [0, 0.05) is 6.42 Å². The van der Waals surface area contributed by atoms with Crippen molar-refractivity contribution in [3.63, 3.8) is 0 Å². The molecule has 0 bridgehead atoms. The third kappa shape index (κ3) is 2.12. The Bertz CT molecular complexity index is 112. The van der Waals surface area contributed by atoms with E-state index in [1.807, 2.05) is 14.1 Å². The molecule has 2 nitrogen and oxygen atoms in total. The zero-order valence-electron chi connectivity index (χ0n) is 6.80. The van der Waals surface area contributed by atoms with Crippen LogP contribution in [0.5, 0.6) is 0 Å². The van der Waals surface area contributed by atoms with Crippen LogP contribution in [0.15, 0.2) is 12.7 Å². The fourth-order valence-corrected chi connectivity index (χ4v) is 0.739. The van der Waals surface area contributed by atoms with Gasteiger partial charge in [-0.3, -0.25) is 4.90 Å². The molecule has 0 rings (SSSR count). The monoisotopic (exact) mass is 142 g/mol. The van der Waals surface area contributed by atoms with E-state index in [1.165, 1.54) is 0 Å². The average molecular weight is 142 g/mol. The summed E-state index contributed by atoms with van der Waals surface area (Å²) in [6, 6.07) is 0. The summed E-state index contributed by atoms with van der Waals surface area (Å²) in [6.45, 7) is 7.22. The van der Waals surface area contributed by atoms with Crippen molar-refractivity contribution in [2.45, 2.75) is 18.6 Å². The van der Waals surface area contributed by atoms with Gasteiger partial charge in [-0.15, -0.1) is 6.58 Å². The summed E-state index contributed by atoms with van der Waals surface area (Å²) in [6.07, 6.45) is 2.74. The van der Waals surface area contributed by atoms with Crippen LogP contribution in [0.2, 0.25) is 0 Å². The van der Waals surface area contributed by atoms with Gasteiger partial charge in [0.2, 0.25) is 0 Å². The molecule has 0 saturated heterocycles. The smallest absolute Gasteiger partial charge is 0.121 e. The van der Waals surface area contributed by atoms with E-state index in [-0.39, 0.29) is 0 Å². The Labute approximate surface area is 63.2 Å². The van der Waals surface area contributed by atoms with E-state index >= 15 is 0 Å². The van der Waals surface area contributed by atoms with Crippen LogP contribution in [-0.2, 0) is 0 Å². The number of aliphatic hydroxyl groups is 1. The van der Waals surface area contributed by atoms with E-state index in [0.717, 1.165) is 0 Å². The van der Waals surface area contributed by atoms with Gasteiger partial charge >= 0.3 is 0 Å². The first kappa shape index (κ1) is 9.66. The third-order valence-corrected chi connectivity index (χ3v) is 1.70. The van der Waals surface area contributed by atoms with Crippen molar-refractivity contribution in [1.82, 2.24) is 4.90 Å². The number of rotatable bonds is 4. The van der Waals surface area contributed by atoms with Gasteiger partial charge in [0.05, 0.1) is 0 Å². The van der Waals surface area contributed by atoms with Crippen LogP contribution in [0.3, 0.4) is 0 Å². The maximum absolute atomic E-state index is 9.69. The number of nitrogens with zero attached hydrogens (tertiary/aromatic N) is 1. The SMILES string of the molecule is [CH2]CC(O)(CC=C)N(C)C. The summed E-state index contributed by atoms with van der Waals surface area (Å²) in [7, 11) is 3.66. The van der Waals surface area contributed by atoms with Gasteiger partial charge in [-0.1, -0.05) is 6.08 Å². The fourth-order valence-electron chi connectivity index (χ4n) is 0.739. The summed E-state index contributed by atoms with van der Waals surface area (Å²) in [5.74, 6) is 0. The predicted octanol–water partition coefficient (Wildman–Crippen LogP) is 1.04. The van der Waals surface area contributed by atoms with Crippen LogP contribution in [-0.4, -0.2) is 29.8 Å². The lowest BCUT2D eigenvalue weighted by Gasteiger charge is -2.32. The first-order valence-corrected chi connectivity index (χ1v) is 3.37. The van der Waals surface area contributed by atoms with Crippen LogP contribution in [0, 0.1) is 6.92 Å². The molecule has 0 aliphatic rings. The van der Waals surface area contributed by atoms with E-state index in [2.05, 4.69) is 13.5 Å². The molecule has 1 atom stereocenters. The standard InChI is InChI=1S/C8H16NO/c1-5-7-8(10,6-2)9(3)4/h5,10H,1-2,6-7H2,3-4H3. The lowest BCUT2D eigenvalue weighted by atomic mass is 10.1. The second kappa shape index (κ2) is 3.74. The Morgan fingerprint density at radius 2 is 2.10 bits per heavy atom. The van der Waals surface area contributed by atoms with E-state index in [1.54, 1.807) is 11.0 Å². The molecule has 0 aliphatic heterocycles. The van der Waals surface area contributed by atoms with Gasteiger partial charge in [0.1, 0.15) is 5.72 Å². The highest BCUT2D eigenvalue weighted by Crippen LogP contribution is 2.16. The minimum absolute atomic E-state index is 0.478. The average Bonchev–Trinajstić information content (AvgIpc) is 1.88.